The first-order valence-corrected chi connectivity index (χ1v) is 11.7. The van der Waals surface area contributed by atoms with Gasteiger partial charge in [0.2, 0.25) is 5.95 Å². The molecular formula is C22H28Cl3N5. The zero-order valence-electron chi connectivity index (χ0n) is 17.7. The van der Waals surface area contributed by atoms with Crippen molar-refractivity contribution in [2.45, 2.75) is 39.7 Å². The molecule has 3 heterocycles. The van der Waals surface area contributed by atoms with Crippen molar-refractivity contribution in [2.24, 2.45) is 5.41 Å². The molecule has 30 heavy (non-hydrogen) atoms. The lowest BCUT2D eigenvalue weighted by atomic mass is 9.72. The fourth-order valence-corrected chi connectivity index (χ4v) is 5.19. The van der Waals surface area contributed by atoms with Gasteiger partial charge in [-0.25, -0.2) is 4.98 Å². The number of nitrogens with zero attached hydrogens (tertiary/aromatic N) is 4. The maximum Gasteiger partial charge on any atom is 0.227 e. The molecule has 1 atom stereocenters. The summed E-state index contributed by atoms with van der Waals surface area (Å²) in [5.41, 5.74) is 2.14. The summed E-state index contributed by atoms with van der Waals surface area (Å²) in [7, 11) is 0. The van der Waals surface area contributed by atoms with Crippen LogP contribution in [0.2, 0.25) is 15.1 Å². The molecule has 1 unspecified atom stereocenters. The van der Waals surface area contributed by atoms with E-state index < -0.39 is 0 Å². The van der Waals surface area contributed by atoms with Gasteiger partial charge < -0.3 is 15.1 Å². The molecule has 0 radical (unpaired) electrons. The summed E-state index contributed by atoms with van der Waals surface area (Å²) in [6.45, 7) is 11.8. The summed E-state index contributed by atoms with van der Waals surface area (Å²) in [5.74, 6) is 1.39. The molecule has 2 aliphatic rings. The lowest BCUT2D eigenvalue weighted by molar-refractivity contribution is 0.0785. The summed E-state index contributed by atoms with van der Waals surface area (Å²) in [6, 6.07) is 5.43. The van der Waals surface area contributed by atoms with Crippen molar-refractivity contribution in [1.29, 1.82) is 0 Å². The predicted molar refractivity (Wildman–Crippen MR) is 126 cm³/mol. The van der Waals surface area contributed by atoms with E-state index in [4.69, 9.17) is 39.8 Å². The van der Waals surface area contributed by atoms with Gasteiger partial charge in [0.1, 0.15) is 5.02 Å². The molecule has 1 aromatic carbocycles. The van der Waals surface area contributed by atoms with E-state index in [1.165, 1.54) is 25.9 Å². The first-order valence-electron chi connectivity index (χ1n) is 10.5. The fraction of sp³-hybridized carbons (Fsp3) is 0.545. The number of aromatic nitrogens is 2. The minimum Gasteiger partial charge on any atom is -0.362 e. The van der Waals surface area contributed by atoms with E-state index in [-0.39, 0.29) is 6.04 Å². The van der Waals surface area contributed by atoms with Gasteiger partial charge in [0, 0.05) is 28.5 Å². The summed E-state index contributed by atoms with van der Waals surface area (Å²) in [6.07, 6.45) is 2.50. The highest BCUT2D eigenvalue weighted by Crippen LogP contribution is 2.42. The molecule has 0 saturated carbocycles. The Morgan fingerprint density at radius 2 is 1.83 bits per heavy atom. The molecule has 0 aliphatic carbocycles. The second-order valence-electron chi connectivity index (χ2n) is 8.59. The second kappa shape index (κ2) is 8.70. The molecule has 5 nitrogen and oxygen atoms in total. The predicted octanol–water partition coefficient (Wildman–Crippen LogP) is 5.84. The van der Waals surface area contributed by atoms with Crippen LogP contribution in [0.1, 0.15) is 44.0 Å². The molecule has 2 aliphatic heterocycles. The molecule has 1 N–H and O–H groups in total. The van der Waals surface area contributed by atoms with Gasteiger partial charge in [-0.1, -0.05) is 47.8 Å². The van der Waals surface area contributed by atoms with Crippen molar-refractivity contribution < 1.29 is 0 Å². The van der Waals surface area contributed by atoms with E-state index in [2.05, 4.69) is 27.0 Å². The zero-order valence-corrected chi connectivity index (χ0v) is 19.9. The van der Waals surface area contributed by atoms with Crippen molar-refractivity contribution in [2.75, 3.05) is 42.9 Å². The Hall–Kier alpha value is -1.27. The SMILES string of the molecule is CCN1CCC2(CC1)CN(c1nc(C)c(Cl)c(NC(C)c3ccc(Cl)cc3Cl)n1)C2. The Morgan fingerprint density at radius 3 is 2.47 bits per heavy atom. The van der Waals surface area contributed by atoms with Crippen molar-refractivity contribution in [3.05, 3.63) is 44.5 Å². The maximum absolute atomic E-state index is 6.54. The highest BCUT2D eigenvalue weighted by atomic mass is 35.5. The number of hydrogen-bond acceptors (Lipinski definition) is 5. The summed E-state index contributed by atoms with van der Waals surface area (Å²) in [5, 5.41) is 5.19. The Balaban J connectivity index is 1.48. The van der Waals surface area contributed by atoms with Gasteiger partial charge in [0.05, 0.1) is 11.7 Å². The maximum atomic E-state index is 6.54. The Bertz CT molecular complexity index is 919. The average Bonchev–Trinajstić information content (AvgIpc) is 2.69. The van der Waals surface area contributed by atoms with Crippen molar-refractivity contribution >= 4 is 46.6 Å². The summed E-state index contributed by atoms with van der Waals surface area (Å²) < 4.78 is 0. The van der Waals surface area contributed by atoms with Crippen LogP contribution in [0.15, 0.2) is 18.2 Å². The molecule has 162 valence electrons. The standard InChI is InChI=1S/C22H28Cl3N5/c1-4-29-9-7-22(8-10-29)12-30(13-22)21-27-15(3)19(25)20(28-21)26-14(2)17-6-5-16(23)11-18(17)24/h5-6,11,14H,4,7-10,12-13H2,1-3H3,(H,26,27,28). The number of anilines is 2. The molecule has 0 amide bonds. The number of hydrogen-bond donors (Lipinski definition) is 1. The van der Waals surface area contributed by atoms with Gasteiger partial charge in [-0.05, 0) is 64.0 Å². The van der Waals surface area contributed by atoms with Crippen LogP contribution >= 0.6 is 34.8 Å². The second-order valence-corrected chi connectivity index (χ2v) is 9.82. The quantitative estimate of drug-likeness (QED) is 0.597. The van der Waals surface area contributed by atoms with E-state index in [9.17, 15) is 0 Å². The highest BCUT2D eigenvalue weighted by Gasteiger charge is 2.45. The fourth-order valence-electron chi connectivity index (χ4n) is 4.48. The van der Waals surface area contributed by atoms with Crippen molar-refractivity contribution in [3.63, 3.8) is 0 Å². The third-order valence-corrected chi connectivity index (χ3v) is 7.50. The van der Waals surface area contributed by atoms with Gasteiger partial charge >= 0.3 is 0 Å². The number of piperidine rings is 1. The highest BCUT2D eigenvalue weighted by molar-refractivity contribution is 6.35. The van der Waals surface area contributed by atoms with Crippen LogP contribution in [0.5, 0.6) is 0 Å². The summed E-state index contributed by atoms with van der Waals surface area (Å²) in [4.78, 5) is 14.2. The van der Waals surface area contributed by atoms with Crippen LogP contribution in [0.4, 0.5) is 11.8 Å². The monoisotopic (exact) mass is 467 g/mol. The number of rotatable bonds is 5. The first kappa shape index (κ1) is 21.9. The van der Waals surface area contributed by atoms with E-state index >= 15 is 0 Å². The molecule has 2 saturated heterocycles. The molecule has 1 spiro atoms. The molecular weight excluding hydrogens is 441 g/mol. The minimum absolute atomic E-state index is 0.0736. The van der Waals surface area contributed by atoms with E-state index in [0.717, 1.165) is 36.8 Å². The van der Waals surface area contributed by atoms with E-state index in [1.54, 1.807) is 6.07 Å². The van der Waals surface area contributed by atoms with Crippen LogP contribution in [0.25, 0.3) is 0 Å². The largest absolute Gasteiger partial charge is 0.362 e. The van der Waals surface area contributed by atoms with E-state index in [1.807, 2.05) is 26.0 Å². The van der Waals surface area contributed by atoms with Crippen LogP contribution in [-0.4, -0.2) is 47.6 Å². The Kier molecular flexibility index (Phi) is 6.36. The van der Waals surface area contributed by atoms with Crippen LogP contribution in [0.3, 0.4) is 0 Å². The lowest BCUT2D eigenvalue weighted by Gasteiger charge is -2.54. The molecule has 0 bridgehead atoms. The van der Waals surface area contributed by atoms with Crippen molar-refractivity contribution in [1.82, 2.24) is 14.9 Å². The molecule has 2 fully saturated rings. The molecule has 4 rings (SSSR count). The number of likely N-dealkylation sites (tertiary alicyclic amines) is 1. The van der Waals surface area contributed by atoms with Crippen LogP contribution < -0.4 is 10.2 Å². The van der Waals surface area contributed by atoms with Gasteiger partial charge in [-0.3, -0.25) is 0 Å². The van der Waals surface area contributed by atoms with Gasteiger partial charge in [-0.15, -0.1) is 0 Å². The van der Waals surface area contributed by atoms with E-state index in [0.29, 0.717) is 26.3 Å². The number of benzene rings is 1. The smallest absolute Gasteiger partial charge is 0.227 e. The Morgan fingerprint density at radius 1 is 1.13 bits per heavy atom. The molecule has 8 heteroatoms. The number of aryl methyl sites for hydroxylation is 1. The number of nitrogens with one attached hydrogen (secondary N) is 1. The van der Waals surface area contributed by atoms with Crippen molar-refractivity contribution in [3.8, 4) is 0 Å². The zero-order chi connectivity index (χ0) is 21.5. The minimum atomic E-state index is -0.0736. The number of halogens is 3. The summed E-state index contributed by atoms with van der Waals surface area (Å²) >= 11 is 18.9. The third kappa shape index (κ3) is 4.36. The van der Waals surface area contributed by atoms with Gasteiger partial charge in [-0.2, -0.15) is 4.98 Å². The normalized spacial score (nSPS) is 19.6. The topological polar surface area (TPSA) is 44.3 Å². The van der Waals surface area contributed by atoms with Crippen LogP contribution in [0, 0.1) is 12.3 Å². The Labute approximate surface area is 193 Å². The lowest BCUT2D eigenvalue weighted by Crippen LogP contribution is -2.61. The van der Waals surface area contributed by atoms with Gasteiger partial charge in [0.25, 0.3) is 0 Å². The first-order chi connectivity index (χ1) is 14.3. The van der Waals surface area contributed by atoms with Gasteiger partial charge in [0.15, 0.2) is 5.82 Å². The third-order valence-electron chi connectivity index (χ3n) is 6.49. The molecule has 2 aromatic rings. The average molecular weight is 469 g/mol. The van der Waals surface area contributed by atoms with Crippen LogP contribution in [-0.2, 0) is 0 Å². The molecule has 1 aromatic heterocycles.